The molecule has 1 N–H and O–H groups in total. The number of nitrogens with zero attached hydrogens (tertiary/aromatic N) is 4. The molecular formula is C13H10N4O2. The summed E-state index contributed by atoms with van der Waals surface area (Å²) in [5.41, 5.74) is 2.63. The molecule has 0 atom stereocenters. The quantitative estimate of drug-likeness (QED) is 0.764. The topological polar surface area (TPSA) is 80.4 Å². The van der Waals surface area contributed by atoms with E-state index in [4.69, 9.17) is 5.11 Å². The summed E-state index contributed by atoms with van der Waals surface area (Å²) < 4.78 is 1.70. The Morgan fingerprint density at radius 3 is 2.89 bits per heavy atom. The van der Waals surface area contributed by atoms with Gasteiger partial charge in [-0.1, -0.05) is 6.07 Å². The van der Waals surface area contributed by atoms with Crippen LogP contribution in [0.1, 0.15) is 5.69 Å². The van der Waals surface area contributed by atoms with Crippen molar-refractivity contribution in [2.24, 2.45) is 0 Å². The van der Waals surface area contributed by atoms with E-state index in [0.717, 1.165) is 5.69 Å². The van der Waals surface area contributed by atoms with Crippen LogP contribution in [0.5, 0.6) is 0 Å². The van der Waals surface area contributed by atoms with Gasteiger partial charge in [0.15, 0.2) is 0 Å². The summed E-state index contributed by atoms with van der Waals surface area (Å²) in [6.07, 6.45) is 4.87. The van der Waals surface area contributed by atoms with Gasteiger partial charge in [0.25, 0.3) is 0 Å². The van der Waals surface area contributed by atoms with Crippen molar-refractivity contribution < 1.29 is 9.90 Å². The fourth-order valence-electron chi connectivity index (χ4n) is 1.84. The molecule has 0 bridgehead atoms. The third kappa shape index (κ3) is 2.28. The monoisotopic (exact) mass is 254 g/mol. The molecule has 3 aromatic heterocycles. The highest BCUT2D eigenvalue weighted by atomic mass is 16.4. The molecule has 0 unspecified atom stereocenters. The van der Waals surface area contributed by atoms with Crippen molar-refractivity contribution in [2.75, 3.05) is 0 Å². The van der Waals surface area contributed by atoms with Crippen LogP contribution in [-0.4, -0.2) is 30.4 Å². The molecule has 0 aliphatic heterocycles. The first-order valence-electron chi connectivity index (χ1n) is 5.69. The summed E-state index contributed by atoms with van der Waals surface area (Å²) in [6, 6.07) is 7.37. The van der Waals surface area contributed by atoms with Gasteiger partial charge in [-0.25, -0.2) is 9.97 Å². The molecule has 3 rings (SSSR count). The van der Waals surface area contributed by atoms with Crippen LogP contribution in [0.3, 0.4) is 0 Å². The minimum absolute atomic E-state index is 0.0966. The van der Waals surface area contributed by atoms with Crippen LogP contribution in [-0.2, 0) is 11.2 Å². The largest absolute Gasteiger partial charge is 0.481 e. The van der Waals surface area contributed by atoms with Gasteiger partial charge in [0, 0.05) is 18.5 Å². The summed E-state index contributed by atoms with van der Waals surface area (Å²) >= 11 is 0. The zero-order valence-electron chi connectivity index (χ0n) is 9.89. The first-order valence-corrected chi connectivity index (χ1v) is 5.69. The van der Waals surface area contributed by atoms with E-state index in [1.165, 1.54) is 0 Å². The second-order valence-corrected chi connectivity index (χ2v) is 4.06. The maximum Gasteiger partial charge on any atom is 0.309 e. The van der Waals surface area contributed by atoms with Gasteiger partial charge in [0.05, 0.1) is 23.5 Å². The number of rotatable bonds is 3. The van der Waals surface area contributed by atoms with E-state index in [1.807, 2.05) is 18.2 Å². The predicted octanol–water partition coefficient (Wildman–Crippen LogP) is 1.42. The van der Waals surface area contributed by atoms with E-state index in [2.05, 4.69) is 15.0 Å². The molecule has 6 nitrogen and oxygen atoms in total. The van der Waals surface area contributed by atoms with Crippen molar-refractivity contribution >= 4 is 11.6 Å². The maximum atomic E-state index is 10.7. The minimum Gasteiger partial charge on any atom is -0.481 e. The van der Waals surface area contributed by atoms with Crippen LogP contribution in [0, 0.1) is 0 Å². The number of carbonyl (C=O) groups is 1. The molecule has 3 aromatic rings. The Kier molecular flexibility index (Phi) is 2.68. The van der Waals surface area contributed by atoms with Gasteiger partial charge in [-0.2, -0.15) is 0 Å². The molecule has 0 saturated heterocycles. The Bertz CT molecular complexity index is 737. The standard InChI is InChI=1S/C13H10N4O2/c18-13(19)5-9-7-17-8-15-11(6-12(17)16-9)10-3-1-2-4-14-10/h1-4,6-8H,5H2,(H,18,19). The van der Waals surface area contributed by atoms with E-state index >= 15 is 0 Å². The van der Waals surface area contributed by atoms with Crippen molar-refractivity contribution in [2.45, 2.75) is 6.42 Å². The molecule has 0 fully saturated rings. The Balaban J connectivity index is 2.03. The Morgan fingerprint density at radius 1 is 1.26 bits per heavy atom. The lowest BCUT2D eigenvalue weighted by Crippen LogP contribution is -1.99. The summed E-state index contributed by atoms with van der Waals surface area (Å²) in [4.78, 5) is 23.4. The number of imidazole rings is 1. The number of hydrogen-bond acceptors (Lipinski definition) is 4. The van der Waals surface area contributed by atoms with Gasteiger partial charge in [-0.15, -0.1) is 0 Å². The molecule has 0 aliphatic rings. The molecule has 6 heteroatoms. The zero-order valence-corrected chi connectivity index (χ0v) is 9.89. The molecule has 3 heterocycles. The van der Waals surface area contributed by atoms with E-state index in [1.54, 1.807) is 29.2 Å². The Labute approximate surface area is 108 Å². The molecule has 0 radical (unpaired) electrons. The molecule has 94 valence electrons. The molecule has 0 aromatic carbocycles. The van der Waals surface area contributed by atoms with Gasteiger partial charge in [-0.05, 0) is 12.1 Å². The summed E-state index contributed by atoms with van der Waals surface area (Å²) in [6.45, 7) is 0. The van der Waals surface area contributed by atoms with Crippen molar-refractivity contribution in [3.8, 4) is 11.4 Å². The van der Waals surface area contributed by atoms with Gasteiger partial charge in [0.2, 0.25) is 0 Å². The number of aliphatic carboxylic acids is 1. The van der Waals surface area contributed by atoms with Gasteiger partial charge in [0.1, 0.15) is 12.0 Å². The average Bonchev–Trinajstić information content (AvgIpc) is 2.79. The van der Waals surface area contributed by atoms with Crippen LogP contribution in [0.2, 0.25) is 0 Å². The lowest BCUT2D eigenvalue weighted by atomic mass is 10.2. The van der Waals surface area contributed by atoms with Crippen LogP contribution in [0.15, 0.2) is 43.0 Å². The first kappa shape index (κ1) is 11.3. The van der Waals surface area contributed by atoms with Crippen LogP contribution in [0.25, 0.3) is 17.0 Å². The highest BCUT2D eigenvalue weighted by molar-refractivity contribution is 5.70. The SMILES string of the molecule is O=C(O)Cc1cn2cnc(-c3ccccn3)cc2n1. The van der Waals surface area contributed by atoms with Crippen molar-refractivity contribution in [3.63, 3.8) is 0 Å². The number of carboxylic acids is 1. The highest BCUT2D eigenvalue weighted by Gasteiger charge is 2.08. The lowest BCUT2D eigenvalue weighted by molar-refractivity contribution is -0.136. The molecule has 0 amide bonds. The first-order chi connectivity index (χ1) is 9.22. The number of hydrogen-bond donors (Lipinski definition) is 1. The highest BCUT2D eigenvalue weighted by Crippen LogP contribution is 2.15. The summed E-state index contributed by atoms with van der Waals surface area (Å²) in [5, 5.41) is 8.75. The van der Waals surface area contributed by atoms with E-state index < -0.39 is 5.97 Å². The minimum atomic E-state index is -0.902. The molecule has 0 saturated carbocycles. The summed E-state index contributed by atoms with van der Waals surface area (Å²) in [5.74, 6) is -0.902. The van der Waals surface area contributed by atoms with Crippen LogP contribution < -0.4 is 0 Å². The fourth-order valence-corrected chi connectivity index (χ4v) is 1.84. The number of pyridine rings is 1. The van der Waals surface area contributed by atoms with Crippen LogP contribution >= 0.6 is 0 Å². The van der Waals surface area contributed by atoms with Crippen molar-refractivity contribution in [1.82, 2.24) is 19.4 Å². The Hall–Kier alpha value is -2.76. The smallest absolute Gasteiger partial charge is 0.309 e. The average molecular weight is 254 g/mol. The van der Waals surface area contributed by atoms with E-state index in [9.17, 15) is 4.79 Å². The number of aromatic nitrogens is 4. The van der Waals surface area contributed by atoms with E-state index in [0.29, 0.717) is 17.0 Å². The normalized spacial score (nSPS) is 10.7. The van der Waals surface area contributed by atoms with Gasteiger partial charge < -0.3 is 5.11 Å². The second kappa shape index (κ2) is 4.49. The second-order valence-electron chi connectivity index (χ2n) is 4.06. The molecular weight excluding hydrogens is 244 g/mol. The summed E-state index contributed by atoms with van der Waals surface area (Å²) in [7, 11) is 0. The fraction of sp³-hybridized carbons (Fsp3) is 0.0769. The predicted molar refractivity (Wildman–Crippen MR) is 67.6 cm³/mol. The van der Waals surface area contributed by atoms with E-state index in [-0.39, 0.29) is 6.42 Å². The molecule has 0 aliphatic carbocycles. The lowest BCUT2D eigenvalue weighted by Gasteiger charge is -1.99. The van der Waals surface area contributed by atoms with Gasteiger partial charge >= 0.3 is 5.97 Å². The maximum absolute atomic E-state index is 10.7. The molecule has 0 spiro atoms. The molecule has 19 heavy (non-hydrogen) atoms. The van der Waals surface area contributed by atoms with Crippen LogP contribution in [0.4, 0.5) is 0 Å². The van der Waals surface area contributed by atoms with Crippen molar-refractivity contribution in [1.29, 1.82) is 0 Å². The van der Waals surface area contributed by atoms with Crippen molar-refractivity contribution in [3.05, 3.63) is 48.7 Å². The Morgan fingerprint density at radius 2 is 2.16 bits per heavy atom. The third-order valence-electron chi connectivity index (χ3n) is 2.66. The third-order valence-corrected chi connectivity index (χ3v) is 2.66. The number of carboxylic acid groups (broad SMARTS) is 1. The van der Waals surface area contributed by atoms with Gasteiger partial charge in [-0.3, -0.25) is 14.2 Å². The zero-order chi connectivity index (χ0) is 13.2. The number of fused-ring (bicyclic) bond motifs is 1.